The number of nitrogens with zero attached hydrogens (tertiary/aromatic N) is 4. The van der Waals surface area contributed by atoms with Gasteiger partial charge in [-0.2, -0.15) is 0 Å². The van der Waals surface area contributed by atoms with Crippen molar-refractivity contribution in [3.8, 4) is 45.4 Å². The predicted octanol–water partition coefficient (Wildman–Crippen LogP) is 10.5. The molecule has 0 amide bonds. The maximum Gasteiger partial charge on any atom is 0.182 e. The summed E-state index contributed by atoms with van der Waals surface area (Å²) >= 11 is 0. The van der Waals surface area contributed by atoms with E-state index in [0.717, 1.165) is 16.7 Å². The number of pyridine rings is 1. The minimum atomic E-state index is 0.552. The van der Waals surface area contributed by atoms with Gasteiger partial charge in [0.05, 0.1) is 0 Å². The molecule has 0 spiro atoms. The molecular weight excluding hydrogens is 560 g/mol. The molecule has 0 fully saturated rings. The summed E-state index contributed by atoms with van der Waals surface area (Å²) in [4.78, 5) is 19.0. The van der Waals surface area contributed by atoms with Gasteiger partial charge in [0.2, 0.25) is 0 Å². The summed E-state index contributed by atoms with van der Waals surface area (Å²) in [6, 6.07) is 53.1. The van der Waals surface area contributed by atoms with Gasteiger partial charge in [-0.15, -0.1) is 0 Å². The molecule has 0 aliphatic heterocycles. The Balaban J connectivity index is 1.12. The molecular formula is C42H26N4. The molecule has 0 N–H and O–H groups in total. The fourth-order valence-corrected chi connectivity index (χ4v) is 6.47. The summed E-state index contributed by atoms with van der Waals surface area (Å²) in [7, 11) is 0. The van der Waals surface area contributed by atoms with E-state index < -0.39 is 0 Å². The molecule has 2 heterocycles. The highest BCUT2D eigenvalue weighted by atomic mass is 15.0. The molecule has 7 aromatic carbocycles. The average molecular weight is 587 g/mol. The van der Waals surface area contributed by atoms with Crippen LogP contribution in [-0.2, 0) is 0 Å². The van der Waals surface area contributed by atoms with Gasteiger partial charge < -0.3 is 0 Å². The summed E-state index contributed by atoms with van der Waals surface area (Å²) < 4.78 is 0. The lowest BCUT2D eigenvalue weighted by Gasteiger charge is -2.12. The molecule has 4 heteroatoms. The molecule has 9 rings (SSSR count). The molecule has 2 aromatic heterocycles. The lowest BCUT2D eigenvalue weighted by Crippen LogP contribution is -2.00. The van der Waals surface area contributed by atoms with Crippen molar-refractivity contribution in [1.29, 1.82) is 0 Å². The minimum absolute atomic E-state index is 0.552. The molecule has 0 saturated carbocycles. The van der Waals surface area contributed by atoms with Crippen LogP contribution in [-0.4, -0.2) is 19.9 Å². The fraction of sp³-hybridized carbons (Fsp3) is 0. The molecule has 0 atom stereocenters. The second kappa shape index (κ2) is 10.7. The molecule has 46 heavy (non-hydrogen) atoms. The zero-order chi connectivity index (χ0) is 30.5. The Morgan fingerprint density at radius 1 is 0.326 bits per heavy atom. The Kier molecular flexibility index (Phi) is 6.10. The monoisotopic (exact) mass is 586 g/mol. The van der Waals surface area contributed by atoms with Crippen molar-refractivity contribution in [1.82, 2.24) is 19.9 Å². The first kappa shape index (κ1) is 26.2. The summed E-state index contributed by atoms with van der Waals surface area (Å²) in [5.74, 6) is 1.79. The molecule has 0 radical (unpaired) electrons. The van der Waals surface area contributed by atoms with E-state index in [9.17, 15) is 0 Å². The smallest absolute Gasteiger partial charge is 0.182 e. The van der Waals surface area contributed by atoms with Crippen LogP contribution in [0, 0.1) is 0 Å². The summed E-state index contributed by atoms with van der Waals surface area (Å²) in [6.07, 6.45) is 1.76. The Labute approximate surface area is 265 Å². The first-order valence-corrected chi connectivity index (χ1v) is 15.4. The van der Waals surface area contributed by atoms with E-state index in [1.54, 1.807) is 6.20 Å². The fourth-order valence-electron chi connectivity index (χ4n) is 6.47. The molecule has 0 bridgehead atoms. The van der Waals surface area contributed by atoms with E-state index in [1.165, 1.54) is 48.7 Å². The van der Waals surface area contributed by atoms with Gasteiger partial charge in [0.1, 0.15) is 5.69 Å². The maximum atomic E-state index is 4.87. The highest BCUT2D eigenvalue weighted by molar-refractivity contribution is 6.24. The van der Waals surface area contributed by atoms with E-state index in [1.807, 2.05) is 48.5 Å². The van der Waals surface area contributed by atoms with Crippen molar-refractivity contribution in [2.24, 2.45) is 0 Å². The number of fused-ring (bicyclic) bond motifs is 7. The first-order valence-electron chi connectivity index (χ1n) is 15.4. The second-order valence-electron chi connectivity index (χ2n) is 11.5. The van der Waals surface area contributed by atoms with Gasteiger partial charge in [-0.1, -0.05) is 133 Å². The molecule has 214 valence electrons. The lowest BCUT2D eigenvalue weighted by atomic mass is 9.92. The molecule has 0 aliphatic rings. The van der Waals surface area contributed by atoms with Crippen molar-refractivity contribution < 1.29 is 0 Å². The SMILES string of the molecule is c1ccc(-c2nc(-c3ccc(-c4ccc5c(ccc6ccc7c8ccccc8ccc7c65)c4)cc3)nc(-c3ccccn3)n2)cc1. The topological polar surface area (TPSA) is 51.6 Å². The number of hydrogen-bond donors (Lipinski definition) is 0. The van der Waals surface area contributed by atoms with E-state index in [2.05, 4.69) is 108 Å². The Morgan fingerprint density at radius 2 is 0.935 bits per heavy atom. The van der Waals surface area contributed by atoms with E-state index in [4.69, 9.17) is 15.0 Å². The van der Waals surface area contributed by atoms with Crippen LogP contribution in [0.25, 0.3) is 88.5 Å². The first-order chi connectivity index (χ1) is 22.8. The third-order valence-electron chi connectivity index (χ3n) is 8.76. The normalized spacial score (nSPS) is 11.5. The van der Waals surface area contributed by atoms with Crippen molar-refractivity contribution in [3.05, 3.63) is 158 Å². The second-order valence-corrected chi connectivity index (χ2v) is 11.5. The summed E-state index contributed by atoms with van der Waals surface area (Å²) in [5, 5.41) is 10.2. The number of aromatic nitrogens is 4. The van der Waals surface area contributed by atoms with Crippen molar-refractivity contribution >= 4 is 43.1 Å². The summed E-state index contributed by atoms with van der Waals surface area (Å²) in [5.41, 5.74) is 4.87. The van der Waals surface area contributed by atoms with Gasteiger partial charge in [-0.3, -0.25) is 4.98 Å². The van der Waals surface area contributed by atoms with E-state index in [0.29, 0.717) is 23.2 Å². The quantitative estimate of drug-likeness (QED) is 0.193. The van der Waals surface area contributed by atoms with Crippen LogP contribution in [0.5, 0.6) is 0 Å². The number of benzene rings is 7. The van der Waals surface area contributed by atoms with Crippen LogP contribution in [0.3, 0.4) is 0 Å². The summed E-state index contributed by atoms with van der Waals surface area (Å²) in [6.45, 7) is 0. The van der Waals surface area contributed by atoms with Crippen LogP contribution in [0.15, 0.2) is 158 Å². The number of hydrogen-bond acceptors (Lipinski definition) is 4. The van der Waals surface area contributed by atoms with Gasteiger partial charge in [0.15, 0.2) is 17.5 Å². The zero-order valence-corrected chi connectivity index (χ0v) is 24.8. The predicted molar refractivity (Wildman–Crippen MR) is 189 cm³/mol. The van der Waals surface area contributed by atoms with Gasteiger partial charge in [-0.05, 0) is 72.4 Å². The van der Waals surface area contributed by atoms with Crippen molar-refractivity contribution in [3.63, 3.8) is 0 Å². The van der Waals surface area contributed by atoms with Gasteiger partial charge in [-0.25, -0.2) is 15.0 Å². The third kappa shape index (κ3) is 4.47. The van der Waals surface area contributed by atoms with Crippen LogP contribution in [0.2, 0.25) is 0 Å². The Hall–Kier alpha value is -6.26. The Bertz CT molecular complexity index is 2500. The average Bonchev–Trinajstić information content (AvgIpc) is 3.14. The van der Waals surface area contributed by atoms with E-state index >= 15 is 0 Å². The van der Waals surface area contributed by atoms with Crippen LogP contribution in [0.1, 0.15) is 0 Å². The highest BCUT2D eigenvalue weighted by Crippen LogP contribution is 2.37. The van der Waals surface area contributed by atoms with Crippen molar-refractivity contribution in [2.45, 2.75) is 0 Å². The van der Waals surface area contributed by atoms with Crippen LogP contribution in [0.4, 0.5) is 0 Å². The molecule has 9 aromatic rings. The van der Waals surface area contributed by atoms with Gasteiger partial charge in [0, 0.05) is 17.3 Å². The van der Waals surface area contributed by atoms with E-state index in [-0.39, 0.29) is 0 Å². The largest absolute Gasteiger partial charge is 0.253 e. The maximum absolute atomic E-state index is 4.87. The molecule has 0 aliphatic carbocycles. The van der Waals surface area contributed by atoms with Crippen molar-refractivity contribution in [2.75, 3.05) is 0 Å². The Morgan fingerprint density at radius 3 is 1.76 bits per heavy atom. The van der Waals surface area contributed by atoms with Gasteiger partial charge in [0.25, 0.3) is 0 Å². The molecule has 4 nitrogen and oxygen atoms in total. The van der Waals surface area contributed by atoms with Gasteiger partial charge >= 0.3 is 0 Å². The highest BCUT2D eigenvalue weighted by Gasteiger charge is 2.14. The standard InChI is InChI=1S/C42H26N4/c1-2-9-30(10-3-1)40-44-41(46-42(45-40)38-12-6-7-25-43-38)31-16-13-27(14-17-31)32-21-22-35-33(26-32)18-15-29-20-23-36-34-11-5-4-8-28(34)19-24-37(36)39(29)35/h1-26H. The van der Waals surface area contributed by atoms with Crippen LogP contribution < -0.4 is 0 Å². The zero-order valence-electron chi connectivity index (χ0n) is 24.8. The lowest BCUT2D eigenvalue weighted by molar-refractivity contribution is 1.06. The minimum Gasteiger partial charge on any atom is -0.253 e. The molecule has 0 unspecified atom stereocenters. The third-order valence-corrected chi connectivity index (χ3v) is 8.76. The van der Waals surface area contributed by atoms with Crippen LogP contribution >= 0.6 is 0 Å². The molecule has 0 saturated heterocycles. The number of rotatable bonds is 4.